The van der Waals surface area contributed by atoms with Crippen LogP contribution in [0.3, 0.4) is 0 Å². The molecule has 0 aromatic heterocycles. The van der Waals surface area contributed by atoms with Crippen LogP contribution in [0.2, 0.25) is 0 Å². The van der Waals surface area contributed by atoms with E-state index in [1.54, 1.807) is 19.1 Å². The lowest BCUT2D eigenvalue weighted by atomic mass is 9.98. The number of hydrogen-bond acceptors (Lipinski definition) is 5. The first-order valence-corrected chi connectivity index (χ1v) is 13.3. The second-order valence-electron chi connectivity index (χ2n) is 9.50. The van der Waals surface area contributed by atoms with E-state index >= 15 is 0 Å². The van der Waals surface area contributed by atoms with Crippen molar-refractivity contribution in [2.24, 2.45) is 5.92 Å². The topological polar surface area (TPSA) is 92.8 Å². The molecule has 3 amide bonds. The highest BCUT2D eigenvalue weighted by Crippen LogP contribution is 2.50. The molecule has 176 valence electrons. The minimum Gasteiger partial charge on any atom is -0.490 e. The lowest BCUT2D eigenvalue weighted by molar-refractivity contribution is -0.121. The lowest BCUT2D eigenvalue weighted by Crippen LogP contribution is -2.33. The third-order valence-electron chi connectivity index (χ3n) is 6.76. The van der Waals surface area contributed by atoms with Gasteiger partial charge >= 0.3 is 6.03 Å². The average Bonchev–Trinajstić information content (AvgIpc) is 3.65. The Balaban J connectivity index is 1.26. The monoisotopic (exact) mass is 466 g/mol. The molecule has 9 heteroatoms. The van der Waals surface area contributed by atoms with Crippen LogP contribution in [0.4, 0.5) is 9.18 Å². The Morgan fingerprint density at radius 3 is 2.56 bits per heavy atom. The van der Waals surface area contributed by atoms with E-state index in [0.717, 1.165) is 31.2 Å². The Kier molecular flexibility index (Phi) is 6.47. The van der Waals surface area contributed by atoms with Gasteiger partial charge in [-0.1, -0.05) is 12.5 Å². The highest BCUT2D eigenvalue weighted by atomic mass is 32.2. The summed E-state index contributed by atoms with van der Waals surface area (Å²) in [5, 5.41) is 2.27. The molecule has 0 spiro atoms. The van der Waals surface area contributed by atoms with E-state index in [1.165, 1.54) is 11.0 Å². The summed E-state index contributed by atoms with van der Waals surface area (Å²) in [4.78, 5) is 24.7. The number of rotatable bonds is 12. The highest BCUT2D eigenvalue weighted by molar-refractivity contribution is 7.91. The van der Waals surface area contributed by atoms with Crippen LogP contribution in [0.15, 0.2) is 18.2 Å². The van der Waals surface area contributed by atoms with Gasteiger partial charge in [0.2, 0.25) is 0 Å². The molecule has 0 bridgehead atoms. The Hall–Kier alpha value is -2.16. The van der Waals surface area contributed by atoms with Gasteiger partial charge in [-0.3, -0.25) is 10.1 Å². The summed E-state index contributed by atoms with van der Waals surface area (Å²) < 4.78 is 45.3. The van der Waals surface area contributed by atoms with Crippen LogP contribution in [0.1, 0.15) is 57.4 Å². The second-order valence-corrected chi connectivity index (χ2v) is 11.7. The molecule has 2 saturated carbocycles. The molecule has 0 radical (unpaired) electrons. The number of amides is 3. The van der Waals surface area contributed by atoms with Crippen LogP contribution < -0.4 is 10.1 Å². The zero-order valence-electron chi connectivity index (χ0n) is 18.4. The van der Waals surface area contributed by atoms with Crippen molar-refractivity contribution in [1.29, 1.82) is 0 Å². The largest absolute Gasteiger partial charge is 0.490 e. The number of sulfone groups is 1. The number of nitrogens with one attached hydrogen (secondary N) is 1. The van der Waals surface area contributed by atoms with Crippen LogP contribution in [-0.4, -0.2) is 56.0 Å². The molecule has 1 aliphatic heterocycles. The quantitative estimate of drug-likeness (QED) is 0.377. The van der Waals surface area contributed by atoms with Crippen molar-refractivity contribution in [3.8, 4) is 5.75 Å². The van der Waals surface area contributed by atoms with Gasteiger partial charge in [-0.2, -0.15) is 0 Å². The summed E-state index contributed by atoms with van der Waals surface area (Å²) >= 11 is 0. The molecule has 1 aromatic rings. The van der Waals surface area contributed by atoms with Crippen LogP contribution in [0.5, 0.6) is 5.75 Å². The molecule has 1 heterocycles. The van der Waals surface area contributed by atoms with Gasteiger partial charge in [0.1, 0.15) is 6.04 Å². The second kappa shape index (κ2) is 9.00. The van der Waals surface area contributed by atoms with E-state index in [0.29, 0.717) is 38.3 Å². The number of carbonyl (C=O) groups is 2. The van der Waals surface area contributed by atoms with Gasteiger partial charge in [0.05, 0.1) is 18.1 Å². The van der Waals surface area contributed by atoms with Crippen LogP contribution in [-0.2, 0) is 20.0 Å². The highest BCUT2D eigenvalue weighted by Gasteiger charge is 2.47. The predicted molar refractivity (Wildman–Crippen MR) is 118 cm³/mol. The van der Waals surface area contributed by atoms with Crippen LogP contribution in [0.25, 0.3) is 0 Å². The van der Waals surface area contributed by atoms with Crippen molar-refractivity contribution in [2.45, 2.75) is 63.3 Å². The first-order chi connectivity index (χ1) is 15.2. The number of urea groups is 1. The minimum absolute atomic E-state index is 0.0633. The molecule has 3 fully saturated rings. The van der Waals surface area contributed by atoms with Crippen molar-refractivity contribution >= 4 is 21.8 Å². The van der Waals surface area contributed by atoms with Gasteiger partial charge in [-0.15, -0.1) is 0 Å². The number of benzene rings is 1. The maximum absolute atomic E-state index is 14.1. The molecule has 7 nitrogen and oxygen atoms in total. The number of carbonyl (C=O) groups excluding carboxylic acids is 2. The van der Waals surface area contributed by atoms with E-state index in [9.17, 15) is 22.4 Å². The standard InChI is InChI=1S/C23H31FN2O5S/c1-16-21(27)25-22(28)26(16)11-3-2-4-12-32(29,30)15-23(9-10-23)18-7-8-19(24)20(13-18)31-14-17-5-6-17/h7-8,13,16-17H,2-6,9-12,14-15H2,1H3,(H,25,27,28)/t16-/m0/s1. The molecule has 4 rings (SSSR count). The summed E-state index contributed by atoms with van der Waals surface area (Å²) in [6.45, 7) is 2.62. The summed E-state index contributed by atoms with van der Waals surface area (Å²) in [7, 11) is -3.27. The average molecular weight is 467 g/mol. The Bertz CT molecular complexity index is 988. The Morgan fingerprint density at radius 2 is 1.94 bits per heavy atom. The smallest absolute Gasteiger partial charge is 0.324 e. The molecule has 2 aliphatic carbocycles. The third kappa shape index (κ3) is 5.42. The van der Waals surface area contributed by atoms with Crippen molar-refractivity contribution in [3.05, 3.63) is 29.6 Å². The lowest BCUT2D eigenvalue weighted by Gasteiger charge is -2.19. The molecule has 1 atom stereocenters. The van der Waals surface area contributed by atoms with Gasteiger partial charge in [0.25, 0.3) is 5.91 Å². The third-order valence-corrected chi connectivity index (χ3v) is 8.66. The molecule has 1 saturated heterocycles. The van der Waals surface area contributed by atoms with E-state index in [4.69, 9.17) is 4.74 Å². The van der Waals surface area contributed by atoms with Gasteiger partial charge < -0.3 is 9.64 Å². The number of halogens is 1. The molecule has 1 N–H and O–H groups in total. The molecular weight excluding hydrogens is 435 g/mol. The summed E-state index contributed by atoms with van der Waals surface area (Å²) in [5.41, 5.74) is 0.403. The van der Waals surface area contributed by atoms with E-state index in [-0.39, 0.29) is 29.2 Å². The number of ether oxygens (including phenoxy) is 1. The minimum atomic E-state index is -3.27. The fourth-order valence-electron chi connectivity index (χ4n) is 4.27. The zero-order chi connectivity index (χ0) is 22.9. The van der Waals surface area contributed by atoms with Gasteiger partial charge in [-0.25, -0.2) is 17.6 Å². The van der Waals surface area contributed by atoms with Crippen LogP contribution in [0, 0.1) is 11.7 Å². The van der Waals surface area contributed by atoms with Crippen LogP contribution >= 0.6 is 0 Å². The summed E-state index contributed by atoms with van der Waals surface area (Å²) in [5.74, 6) is 0.175. The first-order valence-electron chi connectivity index (χ1n) is 11.4. The maximum Gasteiger partial charge on any atom is 0.324 e. The molecule has 32 heavy (non-hydrogen) atoms. The molecule has 1 aromatic carbocycles. The van der Waals surface area contributed by atoms with Gasteiger partial charge in [0.15, 0.2) is 21.4 Å². The normalized spacial score (nSPS) is 22.2. The summed E-state index contributed by atoms with van der Waals surface area (Å²) in [6, 6.07) is 3.89. The number of hydrogen-bond donors (Lipinski definition) is 1. The fraction of sp³-hybridized carbons (Fsp3) is 0.652. The van der Waals surface area contributed by atoms with Crippen molar-refractivity contribution in [2.75, 3.05) is 24.7 Å². The number of unbranched alkanes of at least 4 members (excludes halogenated alkanes) is 2. The zero-order valence-corrected chi connectivity index (χ0v) is 19.3. The molecular formula is C23H31FN2O5S. The Labute approximate surface area is 188 Å². The number of nitrogens with zero attached hydrogens (tertiary/aromatic N) is 1. The molecule has 3 aliphatic rings. The van der Waals surface area contributed by atoms with E-state index in [1.807, 2.05) is 0 Å². The van der Waals surface area contributed by atoms with E-state index < -0.39 is 27.1 Å². The molecule has 0 unspecified atom stereocenters. The van der Waals surface area contributed by atoms with Gasteiger partial charge in [0, 0.05) is 12.0 Å². The summed E-state index contributed by atoms with van der Waals surface area (Å²) in [6.07, 6.45) is 5.59. The SMILES string of the molecule is C[C@H]1C(=O)NC(=O)N1CCCCCS(=O)(=O)CC1(c2ccc(F)c(OCC3CC3)c2)CC1. The predicted octanol–water partition coefficient (Wildman–Crippen LogP) is 3.17. The van der Waals surface area contributed by atoms with Gasteiger partial charge in [-0.05, 0) is 69.1 Å². The maximum atomic E-state index is 14.1. The van der Waals surface area contributed by atoms with Crippen molar-refractivity contribution in [1.82, 2.24) is 10.2 Å². The van der Waals surface area contributed by atoms with Crippen molar-refractivity contribution < 1.29 is 27.1 Å². The first kappa shape index (κ1) is 23.0. The van der Waals surface area contributed by atoms with E-state index in [2.05, 4.69) is 5.32 Å². The number of imide groups is 1. The Morgan fingerprint density at radius 1 is 1.19 bits per heavy atom. The van der Waals surface area contributed by atoms with Crippen molar-refractivity contribution in [3.63, 3.8) is 0 Å². The fourth-order valence-corrected chi connectivity index (χ4v) is 6.36.